The molecular weight excluding hydrogens is 250 g/mol. The van der Waals surface area contributed by atoms with Crippen molar-refractivity contribution in [3.05, 3.63) is 29.8 Å². The van der Waals surface area contributed by atoms with Gasteiger partial charge in [-0.25, -0.2) is 0 Å². The predicted molar refractivity (Wildman–Crippen MR) is 68.2 cm³/mol. The smallest absolute Gasteiger partial charge is 0.325 e. The van der Waals surface area contributed by atoms with Gasteiger partial charge < -0.3 is 14.9 Å². The summed E-state index contributed by atoms with van der Waals surface area (Å²) in [5.41, 5.74) is 0.476. The molecule has 1 aromatic carbocycles. The second-order valence-electron chi connectivity index (χ2n) is 4.00. The Morgan fingerprint density at radius 3 is 2.21 bits per heavy atom. The predicted octanol–water partition coefficient (Wildman–Crippen LogP) is 1.27. The highest BCUT2D eigenvalue weighted by Crippen LogP contribution is 2.18. The number of nitrogens with one attached hydrogen (secondary N) is 1. The van der Waals surface area contributed by atoms with E-state index in [2.05, 4.69) is 5.32 Å². The average Bonchev–Trinajstić information content (AvgIpc) is 2.36. The molecule has 0 aromatic heterocycles. The molecule has 0 saturated carbocycles. The minimum Gasteiger partial charge on any atom is -0.494 e. The number of carbonyl (C=O) groups is 2. The van der Waals surface area contributed by atoms with Gasteiger partial charge in [0.1, 0.15) is 17.8 Å². The van der Waals surface area contributed by atoms with E-state index in [0.29, 0.717) is 17.9 Å². The number of hydrogen-bond acceptors (Lipinski definition) is 4. The highest BCUT2D eigenvalue weighted by atomic mass is 16.5. The van der Waals surface area contributed by atoms with Crippen molar-refractivity contribution in [2.75, 3.05) is 6.61 Å². The Balaban J connectivity index is 2.87. The van der Waals surface area contributed by atoms with Gasteiger partial charge in [0.2, 0.25) is 0 Å². The minimum absolute atomic E-state index is 0.476. The van der Waals surface area contributed by atoms with Crippen LogP contribution in [0.5, 0.6) is 5.75 Å². The number of ether oxygens (including phenoxy) is 1. The standard InChI is InChI=1S/C13H17NO5/c1-3-19-10-6-4-9(5-7-10)11(13(17)18)14-8(2)12(15)16/h4-8,11,14H,3H2,1-2H3,(H,15,16)(H,17,18). The molecule has 0 aliphatic heterocycles. The van der Waals surface area contributed by atoms with Crippen LogP contribution in [0.25, 0.3) is 0 Å². The van der Waals surface area contributed by atoms with Crippen LogP contribution >= 0.6 is 0 Å². The van der Waals surface area contributed by atoms with Gasteiger partial charge >= 0.3 is 11.9 Å². The summed E-state index contributed by atoms with van der Waals surface area (Å²) in [5.74, 6) is -1.59. The van der Waals surface area contributed by atoms with Gasteiger partial charge in [-0.3, -0.25) is 14.9 Å². The Kier molecular flexibility index (Phi) is 5.32. The first kappa shape index (κ1) is 15.0. The van der Waals surface area contributed by atoms with E-state index in [9.17, 15) is 9.59 Å². The largest absolute Gasteiger partial charge is 0.494 e. The summed E-state index contributed by atoms with van der Waals surface area (Å²) in [4.78, 5) is 21.9. The first-order chi connectivity index (χ1) is 8.95. The van der Waals surface area contributed by atoms with Gasteiger partial charge in [0.15, 0.2) is 0 Å². The van der Waals surface area contributed by atoms with Crippen LogP contribution in [-0.4, -0.2) is 34.8 Å². The third kappa shape index (κ3) is 4.26. The Morgan fingerprint density at radius 2 is 1.79 bits per heavy atom. The summed E-state index contributed by atoms with van der Waals surface area (Å²) < 4.78 is 5.26. The summed E-state index contributed by atoms with van der Waals surface area (Å²) in [5, 5.41) is 20.5. The third-order valence-electron chi connectivity index (χ3n) is 2.56. The normalized spacial score (nSPS) is 13.6. The Labute approximate surface area is 111 Å². The molecule has 19 heavy (non-hydrogen) atoms. The Morgan fingerprint density at radius 1 is 1.21 bits per heavy atom. The second-order valence-corrected chi connectivity index (χ2v) is 4.00. The fourth-order valence-electron chi connectivity index (χ4n) is 1.55. The number of benzene rings is 1. The number of carboxylic acid groups (broad SMARTS) is 2. The first-order valence-electron chi connectivity index (χ1n) is 5.90. The molecule has 0 bridgehead atoms. The Hall–Kier alpha value is -2.08. The maximum Gasteiger partial charge on any atom is 0.325 e. The van der Waals surface area contributed by atoms with Gasteiger partial charge in [-0.15, -0.1) is 0 Å². The lowest BCUT2D eigenvalue weighted by atomic mass is 10.1. The molecule has 0 amide bonds. The summed E-state index contributed by atoms with van der Waals surface area (Å²) in [6.07, 6.45) is 0. The van der Waals surface area contributed by atoms with E-state index >= 15 is 0 Å². The molecule has 2 atom stereocenters. The summed E-state index contributed by atoms with van der Waals surface area (Å²) in [6.45, 7) is 3.77. The van der Waals surface area contributed by atoms with E-state index in [1.54, 1.807) is 24.3 Å². The average molecular weight is 267 g/mol. The van der Waals surface area contributed by atoms with E-state index in [4.69, 9.17) is 14.9 Å². The molecule has 6 nitrogen and oxygen atoms in total. The van der Waals surface area contributed by atoms with Crippen molar-refractivity contribution in [3.8, 4) is 5.75 Å². The molecule has 1 rings (SSSR count). The summed E-state index contributed by atoms with van der Waals surface area (Å²) >= 11 is 0. The molecule has 3 N–H and O–H groups in total. The van der Waals surface area contributed by atoms with E-state index in [1.807, 2.05) is 6.92 Å². The van der Waals surface area contributed by atoms with Crippen LogP contribution in [0.4, 0.5) is 0 Å². The molecule has 0 heterocycles. The molecule has 0 saturated heterocycles. The van der Waals surface area contributed by atoms with Crippen LogP contribution in [-0.2, 0) is 9.59 Å². The molecule has 104 valence electrons. The van der Waals surface area contributed by atoms with Gasteiger partial charge in [-0.2, -0.15) is 0 Å². The zero-order valence-corrected chi connectivity index (χ0v) is 10.8. The molecule has 0 aliphatic carbocycles. The van der Waals surface area contributed by atoms with E-state index in [0.717, 1.165) is 0 Å². The van der Waals surface area contributed by atoms with Crippen LogP contribution in [0.3, 0.4) is 0 Å². The van der Waals surface area contributed by atoms with Gasteiger partial charge in [0, 0.05) is 0 Å². The number of carboxylic acids is 2. The molecule has 0 aliphatic rings. The molecular formula is C13H17NO5. The molecule has 0 fully saturated rings. The molecule has 0 radical (unpaired) electrons. The van der Waals surface area contributed by atoms with Crippen molar-refractivity contribution in [1.29, 1.82) is 0 Å². The topological polar surface area (TPSA) is 95.9 Å². The summed E-state index contributed by atoms with van der Waals surface area (Å²) in [7, 11) is 0. The van der Waals surface area contributed by atoms with Crippen LogP contribution in [0.2, 0.25) is 0 Å². The lowest BCUT2D eigenvalue weighted by Crippen LogP contribution is -2.40. The van der Waals surface area contributed by atoms with Crippen molar-refractivity contribution in [2.24, 2.45) is 0 Å². The number of aliphatic carboxylic acids is 2. The SMILES string of the molecule is CCOc1ccc(C(NC(C)C(=O)O)C(=O)O)cc1. The van der Waals surface area contributed by atoms with Gasteiger partial charge in [0.05, 0.1) is 6.61 Å². The van der Waals surface area contributed by atoms with Gasteiger partial charge in [0.25, 0.3) is 0 Å². The maximum absolute atomic E-state index is 11.2. The maximum atomic E-state index is 11.2. The van der Waals surface area contributed by atoms with Crippen molar-refractivity contribution in [2.45, 2.75) is 25.9 Å². The summed E-state index contributed by atoms with van der Waals surface area (Å²) in [6, 6.07) is 4.50. The molecule has 1 aromatic rings. The van der Waals surface area contributed by atoms with E-state index in [-0.39, 0.29) is 0 Å². The van der Waals surface area contributed by atoms with Crippen LogP contribution in [0.15, 0.2) is 24.3 Å². The van der Waals surface area contributed by atoms with Crippen LogP contribution in [0, 0.1) is 0 Å². The van der Waals surface area contributed by atoms with Crippen molar-refractivity contribution >= 4 is 11.9 Å². The lowest BCUT2D eigenvalue weighted by molar-refractivity contribution is -0.142. The first-order valence-corrected chi connectivity index (χ1v) is 5.90. The zero-order chi connectivity index (χ0) is 14.4. The number of hydrogen-bond donors (Lipinski definition) is 3. The van der Waals surface area contributed by atoms with Crippen LogP contribution < -0.4 is 10.1 Å². The second kappa shape index (κ2) is 6.75. The van der Waals surface area contributed by atoms with Crippen molar-refractivity contribution in [3.63, 3.8) is 0 Å². The highest BCUT2D eigenvalue weighted by molar-refractivity contribution is 5.78. The molecule has 0 spiro atoms. The highest BCUT2D eigenvalue weighted by Gasteiger charge is 2.24. The van der Waals surface area contributed by atoms with E-state index in [1.165, 1.54) is 6.92 Å². The number of rotatable bonds is 7. The zero-order valence-electron chi connectivity index (χ0n) is 10.8. The monoisotopic (exact) mass is 267 g/mol. The van der Waals surface area contributed by atoms with Gasteiger partial charge in [-0.1, -0.05) is 12.1 Å². The molecule has 2 unspecified atom stereocenters. The van der Waals surface area contributed by atoms with Crippen molar-refractivity contribution < 1.29 is 24.5 Å². The van der Waals surface area contributed by atoms with Crippen molar-refractivity contribution in [1.82, 2.24) is 5.32 Å². The Bertz CT molecular complexity index is 443. The third-order valence-corrected chi connectivity index (χ3v) is 2.56. The lowest BCUT2D eigenvalue weighted by Gasteiger charge is -2.18. The fourth-order valence-corrected chi connectivity index (χ4v) is 1.55. The minimum atomic E-state index is -1.13. The quantitative estimate of drug-likeness (QED) is 0.688. The van der Waals surface area contributed by atoms with Gasteiger partial charge in [-0.05, 0) is 31.5 Å². The van der Waals surface area contributed by atoms with E-state index < -0.39 is 24.0 Å². The molecule has 6 heteroatoms. The fraction of sp³-hybridized carbons (Fsp3) is 0.385. The van der Waals surface area contributed by atoms with Crippen LogP contribution in [0.1, 0.15) is 25.5 Å².